The number of carbonyl (C=O) groups excluding carboxylic acids is 2. The summed E-state index contributed by atoms with van der Waals surface area (Å²) in [6.07, 6.45) is 2.33. The van der Waals surface area contributed by atoms with Gasteiger partial charge in [-0.1, -0.05) is 50.2 Å². The van der Waals surface area contributed by atoms with Gasteiger partial charge in [0.05, 0.1) is 17.1 Å². The van der Waals surface area contributed by atoms with Gasteiger partial charge in [0.25, 0.3) is 0 Å². The molecular weight excluding hydrogens is 462 g/mol. The van der Waals surface area contributed by atoms with Gasteiger partial charge in [0.2, 0.25) is 0 Å². The summed E-state index contributed by atoms with van der Waals surface area (Å²) in [5.74, 6) is -0.883. The van der Waals surface area contributed by atoms with E-state index in [4.69, 9.17) is 4.74 Å². The van der Waals surface area contributed by atoms with Gasteiger partial charge in [0, 0.05) is 35.6 Å². The molecule has 2 aliphatic rings. The minimum absolute atomic E-state index is 0.0449. The van der Waals surface area contributed by atoms with Crippen LogP contribution in [0.1, 0.15) is 52.0 Å². The molecule has 1 unspecified atom stereocenters. The van der Waals surface area contributed by atoms with Crippen LogP contribution in [0, 0.1) is 5.41 Å². The van der Waals surface area contributed by atoms with Crippen molar-refractivity contribution in [2.75, 3.05) is 12.9 Å². The molecule has 2 aromatic carbocycles. The van der Waals surface area contributed by atoms with Crippen molar-refractivity contribution >= 4 is 21.6 Å². The Bertz CT molecular complexity index is 1350. The molecule has 0 spiro atoms. The fraction of sp³-hybridized carbons (Fsp3) is 0.357. The molecule has 2 aromatic rings. The highest BCUT2D eigenvalue weighted by molar-refractivity contribution is 7.90. The van der Waals surface area contributed by atoms with Crippen molar-refractivity contribution < 1.29 is 22.7 Å². The monoisotopic (exact) mass is 493 g/mol. The van der Waals surface area contributed by atoms with Crippen molar-refractivity contribution in [1.29, 1.82) is 0 Å². The largest absolute Gasteiger partial charge is 0.463 e. The van der Waals surface area contributed by atoms with Crippen molar-refractivity contribution in [3.05, 3.63) is 76.6 Å². The number of hydrogen-bond acceptors (Lipinski definition) is 6. The van der Waals surface area contributed by atoms with Crippen molar-refractivity contribution in [3.8, 4) is 11.1 Å². The Morgan fingerprint density at radius 3 is 2.14 bits per heavy atom. The third-order valence-corrected chi connectivity index (χ3v) is 7.72. The summed E-state index contributed by atoms with van der Waals surface area (Å²) in [7, 11) is -3.26. The summed E-state index contributed by atoms with van der Waals surface area (Å²) in [6.45, 7) is 8.02. The Hall–Kier alpha value is -3.19. The number of ether oxygens (including phenoxy) is 1. The quantitative estimate of drug-likeness (QED) is 0.595. The summed E-state index contributed by atoms with van der Waals surface area (Å²) < 4.78 is 28.9. The molecule has 0 fully saturated rings. The van der Waals surface area contributed by atoms with Gasteiger partial charge < -0.3 is 10.1 Å². The van der Waals surface area contributed by atoms with E-state index in [0.29, 0.717) is 23.3 Å². The minimum atomic E-state index is -3.26. The lowest BCUT2D eigenvalue weighted by Gasteiger charge is -2.39. The van der Waals surface area contributed by atoms with E-state index in [2.05, 4.69) is 19.2 Å². The van der Waals surface area contributed by atoms with Gasteiger partial charge in [-0.3, -0.25) is 4.79 Å². The van der Waals surface area contributed by atoms with Gasteiger partial charge in [0.15, 0.2) is 15.6 Å². The lowest BCUT2D eigenvalue weighted by atomic mass is 9.68. The number of allylic oxidation sites excluding steroid dienone is 3. The molecule has 184 valence electrons. The van der Waals surface area contributed by atoms with Crippen LogP contribution in [0.25, 0.3) is 11.1 Å². The molecule has 0 radical (unpaired) electrons. The van der Waals surface area contributed by atoms with E-state index in [1.807, 2.05) is 31.2 Å². The lowest BCUT2D eigenvalue weighted by molar-refractivity contribution is -0.138. The Kier molecular flexibility index (Phi) is 6.49. The molecule has 7 heteroatoms. The molecule has 1 N–H and O–H groups in total. The second-order valence-corrected chi connectivity index (χ2v) is 12.1. The predicted octanol–water partition coefficient (Wildman–Crippen LogP) is 4.92. The molecule has 4 rings (SSSR count). The number of benzene rings is 2. The van der Waals surface area contributed by atoms with Crippen LogP contribution in [-0.2, 0) is 24.2 Å². The van der Waals surface area contributed by atoms with Crippen molar-refractivity contribution in [2.45, 2.75) is 51.3 Å². The number of nitrogens with one attached hydrogen (secondary N) is 1. The molecule has 0 amide bonds. The number of hydrogen-bond donors (Lipinski definition) is 1. The molecule has 1 aliphatic heterocycles. The standard InChI is InChI=1S/C28H31NO5S/c1-6-34-27(31)24-17(2)29-22-15-28(3,4)16-23(30)26(22)25(24)20-9-7-18(8-10-20)19-11-13-21(14-12-19)35(5,32)33/h7-14,25,29H,6,15-16H2,1-5H3. The summed E-state index contributed by atoms with van der Waals surface area (Å²) >= 11 is 0. The van der Waals surface area contributed by atoms with E-state index >= 15 is 0 Å². The maximum Gasteiger partial charge on any atom is 0.336 e. The molecular formula is C28H31NO5S. The molecule has 35 heavy (non-hydrogen) atoms. The van der Waals surface area contributed by atoms with Crippen LogP contribution >= 0.6 is 0 Å². The second-order valence-electron chi connectivity index (χ2n) is 10.1. The van der Waals surface area contributed by atoms with Gasteiger partial charge in [0.1, 0.15) is 0 Å². The zero-order valence-electron chi connectivity index (χ0n) is 20.8. The first-order chi connectivity index (χ1) is 16.4. The van der Waals surface area contributed by atoms with Crippen LogP contribution < -0.4 is 5.32 Å². The van der Waals surface area contributed by atoms with Gasteiger partial charge >= 0.3 is 5.97 Å². The number of ketones is 1. The van der Waals surface area contributed by atoms with Gasteiger partial charge in [-0.05, 0) is 54.5 Å². The third kappa shape index (κ3) is 4.96. The average molecular weight is 494 g/mol. The molecule has 0 saturated carbocycles. The predicted molar refractivity (Wildman–Crippen MR) is 135 cm³/mol. The van der Waals surface area contributed by atoms with E-state index in [9.17, 15) is 18.0 Å². The molecule has 1 atom stereocenters. The van der Waals surface area contributed by atoms with Crippen LogP contribution in [0.5, 0.6) is 0 Å². The first kappa shape index (κ1) is 24.9. The molecule has 1 aliphatic carbocycles. The summed E-state index contributed by atoms with van der Waals surface area (Å²) in [6, 6.07) is 14.5. The maximum absolute atomic E-state index is 13.3. The maximum atomic E-state index is 13.3. The molecule has 6 nitrogen and oxygen atoms in total. The number of dihydropyridines is 1. The Morgan fingerprint density at radius 1 is 1.03 bits per heavy atom. The number of rotatable bonds is 5. The highest BCUT2D eigenvalue weighted by Gasteiger charge is 2.43. The zero-order valence-corrected chi connectivity index (χ0v) is 21.6. The van der Waals surface area contributed by atoms with E-state index < -0.39 is 21.7 Å². The fourth-order valence-corrected chi connectivity index (χ4v) is 5.64. The van der Waals surface area contributed by atoms with E-state index in [0.717, 1.165) is 28.8 Å². The van der Waals surface area contributed by atoms with Crippen LogP contribution in [0.15, 0.2) is 76.0 Å². The lowest BCUT2D eigenvalue weighted by Crippen LogP contribution is -2.38. The molecule has 0 bridgehead atoms. The Labute approximate surface area is 207 Å². The van der Waals surface area contributed by atoms with Gasteiger partial charge in [-0.15, -0.1) is 0 Å². The Balaban J connectivity index is 1.77. The fourth-order valence-electron chi connectivity index (χ4n) is 5.01. The zero-order chi connectivity index (χ0) is 25.5. The highest BCUT2D eigenvalue weighted by Crippen LogP contribution is 2.47. The Morgan fingerprint density at radius 2 is 1.60 bits per heavy atom. The normalized spacial score (nSPS) is 19.8. The number of Topliss-reactive ketones (excluding diaryl/α,β-unsaturated/α-hetero) is 1. The van der Waals surface area contributed by atoms with Gasteiger partial charge in [-0.25, -0.2) is 13.2 Å². The van der Waals surface area contributed by atoms with Gasteiger partial charge in [-0.2, -0.15) is 0 Å². The second kappa shape index (κ2) is 9.11. The van der Waals surface area contributed by atoms with Crippen LogP contribution in [0.3, 0.4) is 0 Å². The highest BCUT2D eigenvalue weighted by atomic mass is 32.2. The summed E-state index contributed by atoms with van der Waals surface area (Å²) in [4.78, 5) is 26.6. The summed E-state index contributed by atoms with van der Waals surface area (Å²) in [5.41, 5.74) is 5.16. The summed E-state index contributed by atoms with van der Waals surface area (Å²) in [5, 5.41) is 3.34. The molecule has 0 aromatic heterocycles. The minimum Gasteiger partial charge on any atom is -0.463 e. The smallest absolute Gasteiger partial charge is 0.336 e. The van der Waals surface area contributed by atoms with Crippen molar-refractivity contribution in [2.24, 2.45) is 5.41 Å². The number of esters is 1. The topological polar surface area (TPSA) is 89.5 Å². The molecule has 0 saturated heterocycles. The van der Waals surface area contributed by atoms with Crippen LogP contribution in [0.4, 0.5) is 0 Å². The van der Waals surface area contributed by atoms with E-state index in [1.165, 1.54) is 6.26 Å². The SMILES string of the molecule is CCOC(=O)C1=C(C)NC2=C(C(=O)CC(C)(C)C2)C1c1ccc(-c2ccc(S(C)(=O)=O)cc2)cc1. The average Bonchev–Trinajstić information content (AvgIpc) is 2.77. The third-order valence-electron chi connectivity index (χ3n) is 6.59. The van der Waals surface area contributed by atoms with Crippen LogP contribution in [0.2, 0.25) is 0 Å². The molecule has 1 heterocycles. The number of carbonyl (C=O) groups is 2. The number of sulfone groups is 1. The first-order valence-electron chi connectivity index (χ1n) is 11.7. The first-order valence-corrected chi connectivity index (χ1v) is 13.6. The van der Waals surface area contributed by atoms with E-state index in [1.54, 1.807) is 31.2 Å². The van der Waals surface area contributed by atoms with Crippen LogP contribution in [-0.4, -0.2) is 33.0 Å². The van der Waals surface area contributed by atoms with Crippen molar-refractivity contribution in [3.63, 3.8) is 0 Å². The van der Waals surface area contributed by atoms with E-state index in [-0.39, 0.29) is 22.7 Å². The van der Waals surface area contributed by atoms with Crippen molar-refractivity contribution in [1.82, 2.24) is 5.32 Å².